The van der Waals surface area contributed by atoms with E-state index < -0.39 is 54.5 Å². The molecule has 1 saturated heterocycles. The van der Waals surface area contributed by atoms with Crippen LogP contribution in [0.4, 0.5) is 5.82 Å². The van der Waals surface area contributed by atoms with Crippen LogP contribution in [-0.4, -0.2) is 74.2 Å². The first-order chi connectivity index (χ1) is 14.2. The number of ether oxygens (including phenoxy) is 1. The normalized spacial score (nSPS) is 26.7. The molecule has 0 spiro atoms. The van der Waals surface area contributed by atoms with Crippen molar-refractivity contribution in [2.24, 2.45) is 0 Å². The topological polar surface area (TPSA) is 282 Å². The first kappa shape index (κ1) is 29.7. The predicted octanol–water partition coefficient (Wildman–Crippen LogP) is -0.784. The van der Waals surface area contributed by atoms with E-state index in [0.717, 1.165) is 11.2 Å². The molecule has 6 atom stereocenters. The average Bonchev–Trinajstić information content (AvgIpc) is 3.13. The van der Waals surface area contributed by atoms with Crippen LogP contribution in [0.2, 0.25) is 0 Å². The fraction of sp³-hybridized carbons (Fsp3) is 0.583. The first-order valence-corrected chi connectivity index (χ1v) is 12.7. The third-order valence-corrected chi connectivity index (χ3v) is 8.11. The Bertz CT molecular complexity index is 1110. The summed E-state index contributed by atoms with van der Waals surface area (Å²) in [5, 5.41) is 20.4. The second-order valence-electron chi connectivity index (χ2n) is 6.14. The number of nitrogens with two attached hydrogens (primary N) is 1. The maximum Gasteiger partial charge on any atom is 0.480 e. The lowest BCUT2D eigenvalue weighted by molar-refractivity contribution is -0.0502. The van der Waals surface area contributed by atoms with Gasteiger partial charge in [0.25, 0.3) is 0 Å². The van der Waals surface area contributed by atoms with Crippen molar-refractivity contribution >= 4 is 40.3 Å². The van der Waals surface area contributed by atoms with Gasteiger partial charge in [-0.3, -0.25) is 9.09 Å². The van der Waals surface area contributed by atoms with Crippen molar-refractivity contribution in [3.63, 3.8) is 0 Å². The van der Waals surface area contributed by atoms with Crippen molar-refractivity contribution in [3.8, 4) is 0 Å². The van der Waals surface area contributed by atoms with Gasteiger partial charge in [-0.25, -0.2) is 28.6 Å². The molecule has 0 radical (unpaired) electrons. The van der Waals surface area contributed by atoms with Gasteiger partial charge in [-0.1, -0.05) is 14.9 Å². The highest BCUT2D eigenvalue weighted by molar-refractivity contribution is 7.70. The number of anilines is 1. The van der Waals surface area contributed by atoms with Gasteiger partial charge in [0, 0.05) is 0 Å². The Kier molecular flexibility index (Phi) is 9.44. The van der Waals surface area contributed by atoms with E-state index >= 15 is 0 Å². The predicted molar refractivity (Wildman–Crippen MR) is 111 cm³/mol. The quantitative estimate of drug-likeness (QED) is 0.191. The molecule has 0 saturated carbocycles. The van der Waals surface area contributed by atoms with Gasteiger partial charge in [0.05, 0.1) is 12.9 Å². The standard InChI is InChI=1S/C10H17N6O12P3.2CH4/c11-8-5-9(13-2-12-8)16(3-14-5)10-7(18)6(17)4(27-10)1-26-31(24,25)28-30(22,23)15-29(19,20)21;;/h2-4,6-7,10,17-18H,1H2,(H,24,25)(H2,11,12,13)(H4,15,19,20,21,22,23);2*1H4. The molecule has 0 amide bonds. The molecule has 2 aromatic rings. The number of aliphatic hydroxyl groups is 2. The van der Waals surface area contributed by atoms with Crippen LogP contribution in [0.15, 0.2) is 12.7 Å². The maximum absolute atomic E-state index is 11.8. The van der Waals surface area contributed by atoms with Gasteiger partial charge >= 0.3 is 23.3 Å². The van der Waals surface area contributed by atoms with Crippen molar-refractivity contribution in [1.29, 1.82) is 0 Å². The average molecular weight is 538 g/mol. The number of nitrogen functional groups attached to an aromatic ring is 1. The van der Waals surface area contributed by atoms with Crippen molar-refractivity contribution in [2.75, 3.05) is 12.3 Å². The fourth-order valence-corrected chi connectivity index (χ4v) is 6.10. The summed E-state index contributed by atoms with van der Waals surface area (Å²) < 4.78 is 48.9. The minimum Gasteiger partial charge on any atom is -0.387 e. The second kappa shape index (κ2) is 10.5. The van der Waals surface area contributed by atoms with Gasteiger partial charge in [0.1, 0.15) is 30.2 Å². The van der Waals surface area contributed by atoms with Gasteiger partial charge in [0.15, 0.2) is 17.7 Å². The van der Waals surface area contributed by atoms with Crippen molar-refractivity contribution in [1.82, 2.24) is 24.4 Å². The summed E-state index contributed by atoms with van der Waals surface area (Å²) in [5.41, 5.74) is 6.02. The molecule has 0 bridgehead atoms. The third kappa shape index (κ3) is 7.07. The van der Waals surface area contributed by atoms with Crippen LogP contribution in [0.3, 0.4) is 0 Å². The highest BCUT2D eigenvalue weighted by Gasteiger charge is 2.46. The van der Waals surface area contributed by atoms with Gasteiger partial charge < -0.3 is 40.3 Å². The highest BCUT2D eigenvalue weighted by atomic mass is 31.3. The van der Waals surface area contributed by atoms with Crippen LogP contribution in [0.25, 0.3) is 11.2 Å². The molecule has 9 N–H and O–H groups in total. The fourth-order valence-electron chi connectivity index (χ4n) is 2.67. The number of hydrogen-bond donors (Lipinski definition) is 8. The molecule has 1 fully saturated rings. The van der Waals surface area contributed by atoms with E-state index in [1.807, 2.05) is 0 Å². The molecular weight excluding hydrogens is 513 g/mol. The van der Waals surface area contributed by atoms with E-state index in [2.05, 4.69) is 23.8 Å². The summed E-state index contributed by atoms with van der Waals surface area (Å²) in [6, 6.07) is 0. The molecule has 33 heavy (non-hydrogen) atoms. The van der Waals surface area contributed by atoms with E-state index in [4.69, 9.17) is 20.3 Å². The van der Waals surface area contributed by atoms with Crippen LogP contribution in [0, 0.1) is 0 Å². The van der Waals surface area contributed by atoms with Gasteiger partial charge in [-0.2, -0.15) is 4.31 Å². The largest absolute Gasteiger partial charge is 0.480 e. The second-order valence-corrected chi connectivity index (χ2v) is 10.9. The summed E-state index contributed by atoms with van der Waals surface area (Å²) >= 11 is 0. The Hall–Kier alpha value is -1.36. The Morgan fingerprint density at radius 3 is 2.33 bits per heavy atom. The third-order valence-electron chi connectivity index (χ3n) is 3.87. The Morgan fingerprint density at radius 2 is 1.73 bits per heavy atom. The molecule has 1 aliphatic rings. The minimum atomic E-state index is -5.45. The van der Waals surface area contributed by atoms with Crippen LogP contribution < -0.4 is 10.6 Å². The smallest absolute Gasteiger partial charge is 0.387 e. The number of aliphatic hydroxyl groups excluding tert-OH is 2. The monoisotopic (exact) mass is 538 g/mol. The molecule has 0 aliphatic carbocycles. The molecule has 21 heteroatoms. The highest BCUT2D eigenvalue weighted by Crippen LogP contribution is 2.61. The number of fused-ring (bicyclic) bond motifs is 1. The van der Waals surface area contributed by atoms with Crippen LogP contribution in [0.5, 0.6) is 0 Å². The summed E-state index contributed by atoms with van der Waals surface area (Å²) in [7, 11) is -16.1. The lowest BCUT2D eigenvalue weighted by Gasteiger charge is -2.19. The minimum absolute atomic E-state index is 0. The molecule has 3 rings (SSSR count). The van der Waals surface area contributed by atoms with Crippen molar-refractivity contribution in [2.45, 2.75) is 39.4 Å². The number of nitrogens with one attached hydrogen (secondary N) is 1. The number of phosphoric acid groups is 1. The maximum atomic E-state index is 11.8. The summed E-state index contributed by atoms with van der Waals surface area (Å²) in [6.07, 6.45) is -3.62. The van der Waals surface area contributed by atoms with E-state index in [0.29, 0.717) is 0 Å². The van der Waals surface area contributed by atoms with E-state index in [1.54, 1.807) is 0 Å². The zero-order valence-electron chi connectivity index (χ0n) is 15.0. The lowest BCUT2D eigenvalue weighted by Crippen LogP contribution is -2.33. The molecule has 190 valence electrons. The molecule has 3 heterocycles. The molecular formula is C12H25N6O12P3. The molecule has 1 aliphatic heterocycles. The van der Waals surface area contributed by atoms with E-state index in [-0.39, 0.29) is 31.8 Å². The molecule has 0 aromatic carbocycles. The van der Waals surface area contributed by atoms with Gasteiger partial charge in [-0.15, -0.1) is 4.86 Å². The van der Waals surface area contributed by atoms with Crippen molar-refractivity contribution < 1.29 is 57.1 Å². The first-order valence-electron chi connectivity index (χ1n) is 8.00. The number of rotatable bonds is 8. The summed E-state index contributed by atoms with van der Waals surface area (Å²) in [5.74, 6) is 0.0485. The Labute approximate surface area is 186 Å². The SMILES string of the molecule is C.C.Nc1ncnc2c1ncn2C1OC(COP(=O)(O)OP(=O)(O)NP(=O)(O)O)C(O)C1O. The van der Waals surface area contributed by atoms with Crippen molar-refractivity contribution in [3.05, 3.63) is 12.7 Å². The van der Waals surface area contributed by atoms with Gasteiger partial charge in [-0.05, 0) is 0 Å². The Balaban J connectivity index is 0.00000272. The molecule has 6 unspecified atom stereocenters. The summed E-state index contributed by atoms with van der Waals surface area (Å²) in [4.78, 5) is 48.5. The van der Waals surface area contributed by atoms with Crippen LogP contribution >= 0.6 is 23.3 Å². The zero-order chi connectivity index (χ0) is 23.2. The number of aromatic nitrogens is 4. The Morgan fingerprint density at radius 1 is 1.09 bits per heavy atom. The number of nitrogens with zero attached hydrogens (tertiary/aromatic N) is 4. The number of hydrogen-bond acceptors (Lipinski definition) is 12. The molecule has 18 nitrogen and oxygen atoms in total. The summed E-state index contributed by atoms with van der Waals surface area (Å²) in [6.45, 7) is -0.928. The molecule has 2 aromatic heterocycles. The van der Waals surface area contributed by atoms with Gasteiger partial charge in [0.2, 0.25) is 0 Å². The number of phosphoric ester groups is 1. The zero-order valence-corrected chi connectivity index (χ0v) is 17.7. The van der Waals surface area contributed by atoms with Crippen LogP contribution in [0.1, 0.15) is 21.1 Å². The van der Waals surface area contributed by atoms with Crippen LogP contribution in [-0.2, 0) is 27.3 Å². The number of imidazole rings is 1. The lowest BCUT2D eigenvalue weighted by atomic mass is 10.1. The van der Waals surface area contributed by atoms with E-state index in [9.17, 15) is 33.7 Å². The van der Waals surface area contributed by atoms with E-state index in [1.165, 1.54) is 10.9 Å².